The van der Waals surface area contributed by atoms with Crippen molar-refractivity contribution in [2.75, 3.05) is 12.3 Å². The topological polar surface area (TPSA) is 75.3 Å². The van der Waals surface area contributed by atoms with Gasteiger partial charge in [0.1, 0.15) is 0 Å². The fourth-order valence-electron chi connectivity index (χ4n) is 3.54. The van der Waals surface area contributed by atoms with Crippen molar-refractivity contribution in [1.82, 2.24) is 10.6 Å². The van der Waals surface area contributed by atoms with Gasteiger partial charge in [0, 0.05) is 12.5 Å². The highest BCUT2D eigenvalue weighted by Gasteiger charge is 2.35. The fourth-order valence-corrected chi connectivity index (χ4v) is 5.28. The molecule has 2 aliphatic rings. The number of carbonyl (C=O) groups is 1. The number of sulfone groups is 1. The number of fused-ring (bicyclic) bond motifs is 2. The molecular formula is C18H18N2O3S. The summed E-state index contributed by atoms with van der Waals surface area (Å²) >= 11 is 0. The second-order valence-electron chi connectivity index (χ2n) is 6.33. The van der Waals surface area contributed by atoms with E-state index in [4.69, 9.17) is 0 Å². The van der Waals surface area contributed by atoms with Gasteiger partial charge in [0.15, 0.2) is 9.84 Å². The standard InChI is InChI=1S/C18H18N2O3S/c21-18(19-10-13-9-12-5-1-2-6-14(12)13)20-16-11-24(22,23)17-8-4-3-7-15(16)17/h1-8,13,16H,9-11H2,(H2,19,20,21)/t13-,16-/m1/s1. The van der Waals surface area contributed by atoms with Crippen molar-refractivity contribution in [3.05, 3.63) is 65.2 Å². The lowest BCUT2D eigenvalue weighted by Gasteiger charge is -2.30. The number of rotatable bonds is 3. The van der Waals surface area contributed by atoms with Crippen LogP contribution in [0.3, 0.4) is 0 Å². The minimum absolute atomic E-state index is 0.0774. The third-order valence-electron chi connectivity index (χ3n) is 4.79. The Morgan fingerprint density at radius 2 is 1.75 bits per heavy atom. The summed E-state index contributed by atoms with van der Waals surface area (Å²) in [5.74, 6) is 0.262. The summed E-state index contributed by atoms with van der Waals surface area (Å²) in [5.41, 5.74) is 3.29. The monoisotopic (exact) mass is 342 g/mol. The predicted octanol–water partition coefficient (Wildman–Crippen LogP) is 2.15. The molecule has 124 valence electrons. The number of benzene rings is 2. The van der Waals surface area contributed by atoms with Gasteiger partial charge in [0.05, 0.1) is 16.7 Å². The van der Waals surface area contributed by atoms with E-state index in [1.807, 2.05) is 12.1 Å². The van der Waals surface area contributed by atoms with Gasteiger partial charge in [0.2, 0.25) is 0 Å². The third-order valence-corrected chi connectivity index (χ3v) is 6.61. The first kappa shape index (κ1) is 15.2. The molecule has 0 bridgehead atoms. The zero-order valence-corrected chi connectivity index (χ0v) is 13.8. The van der Waals surface area contributed by atoms with Gasteiger partial charge in [-0.1, -0.05) is 42.5 Å². The minimum atomic E-state index is -3.31. The Labute approximate surface area is 141 Å². The predicted molar refractivity (Wildman–Crippen MR) is 90.7 cm³/mol. The van der Waals surface area contributed by atoms with E-state index in [0.29, 0.717) is 22.9 Å². The molecule has 24 heavy (non-hydrogen) atoms. The lowest BCUT2D eigenvalue weighted by atomic mass is 9.78. The van der Waals surface area contributed by atoms with Crippen molar-refractivity contribution in [1.29, 1.82) is 0 Å². The average molecular weight is 342 g/mol. The highest BCUT2D eigenvalue weighted by molar-refractivity contribution is 7.91. The maximum atomic E-state index is 12.2. The zero-order valence-electron chi connectivity index (χ0n) is 13.0. The Kier molecular flexibility index (Phi) is 3.57. The average Bonchev–Trinajstić information content (AvgIpc) is 2.79. The molecule has 0 unspecified atom stereocenters. The first-order valence-electron chi connectivity index (χ1n) is 7.98. The zero-order chi connectivity index (χ0) is 16.7. The van der Waals surface area contributed by atoms with E-state index < -0.39 is 15.9 Å². The molecule has 0 fully saturated rings. The summed E-state index contributed by atoms with van der Waals surface area (Å²) in [7, 11) is -3.31. The third kappa shape index (κ3) is 2.57. The van der Waals surface area contributed by atoms with Gasteiger partial charge in [-0.25, -0.2) is 13.2 Å². The molecule has 0 saturated carbocycles. The van der Waals surface area contributed by atoms with Crippen molar-refractivity contribution in [3.63, 3.8) is 0 Å². The Hall–Kier alpha value is -2.34. The molecule has 5 nitrogen and oxygen atoms in total. The van der Waals surface area contributed by atoms with Gasteiger partial charge in [-0.2, -0.15) is 0 Å². The van der Waals surface area contributed by atoms with E-state index in [9.17, 15) is 13.2 Å². The molecule has 0 aromatic heterocycles. The van der Waals surface area contributed by atoms with Crippen molar-refractivity contribution in [2.45, 2.75) is 23.3 Å². The molecule has 0 saturated heterocycles. The molecule has 2 amide bonds. The normalized spacial score (nSPS) is 22.8. The first-order chi connectivity index (χ1) is 11.5. The van der Waals surface area contributed by atoms with E-state index in [-0.39, 0.29) is 11.8 Å². The van der Waals surface area contributed by atoms with E-state index >= 15 is 0 Å². The van der Waals surface area contributed by atoms with Crippen molar-refractivity contribution in [3.8, 4) is 0 Å². The Balaban J connectivity index is 1.38. The van der Waals surface area contributed by atoms with Crippen LogP contribution in [0, 0.1) is 0 Å². The van der Waals surface area contributed by atoms with Gasteiger partial charge < -0.3 is 10.6 Å². The van der Waals surface area contributed by atoms with Crippen LogP contribution < -0.4 is 10.6 Å². The summed E-state index contributed by atoms with van der Waals surface area (Å²) in [5, 5.41) is 5.65. The van der Waals surface area contributed by atoms with Crippen molar-refractivity contribution < 1.29 is 13.2 Å². The molecule has 2 aromatic rings. The SMILES string of the molecule is O=C(NC[C@H]1Cc2ccccc21)N[C@@H]1CS(=O)(=O)c2ccccc21. The van der Waals surface area contributed by atoms with Crippen LogP contribution in [0.4, 0.5) is 4.79 Å². The van der Waals surface area contributed by atoms with Crippen LogP contribution >= 0.6 is 0 Å². The van der Waals surface area contributed by atoms with Crippen molar-refractivity contribution >= 4 is 15.9 Å². The van der Waals surface area contributed by atoms with Crippen LogP contribution in [0.2, 0.25) is 0 Å². The maximum Gasteiger partial charge on any atom is 0.315 e. The van der Waals surface area contributed by atoms with Gasteiger partial charge >= 0.3 is 6.03 Å². The van der Waals surface area contributed by atoms with Crippen molar-refractivity contribution in [2.24, 2.45) is 0 Å². The number of hydrogen-bond donors (Lipinski definition) is 2. The summed E-state index contributed by atoms with van der Waals surface area (Å²) in [4.78, 5) is 12.5. The molecule has 6 heteroatoms. The van der Waals surface area contributed by atoms with Crippen LogP contribution in [0.1, 0.15) is 28.7 Å². The molecule has 4 rings (SSSR count). The highest BCUT2D eigenvalue weighted by atomic mass is 32.2. The quantitative estimate of drug-likeness (QED) is 0.897. The first-order valence-corrected chi connectivity index (χ1v) is 9.64. The molecule has 0 spiro atoms. The van der Waals surface area contributed by atoms with Crippen LogP contribution in [0.15, 0.2) is 53.4 Å². The number of hydrogen-bond acceptors (Lipinski definition) is 3. The molecule has 0 radical (unpaired) electrons. The Morgan fingerprint density at radius 1 is 1.04 bits per heavy atom. The van der Waals surface area contributed by atoms with E-state index in [2.05, 4.69) is 22.8 Å². The largest absolute Gasteiger partial charge is 0.338 e. The lowest BCUT2D eigenvalue weighted by Crippen LogP contribution is -2.41. The van der Waals surface area contributed by atoms with Crippen LogP contribution in [-0.2, 0) is 16.3 Å². The fraction of sp³-hybridized carbons (Fsp3) is 0.278. The van der Waals surface area contributed by atoms with Gasteiger partial charge in [0.25, 0.3) is 0 Å². The van der Waals surface area contributed by atoms with E-state index in [1.54, 1.807) is 24.3 Å². The maximum absolute atomic E-state index is 12.2. The van der Waals surface area contributed by atoms with E-state index in [1.165, 1.54) is 11.1 Å². The van der Waals surface area contributed by atoms with Gasteiger partial charge in [-0.3, -0.25) is 0 Å². The number of nitrogens with one attached hydrogen (secondary N) is 2. The Bertz CT molecular complexity index is 908. The second-order valence-corrected chi connectivity index (χ2v) is 8.33. The molecule has 1 aliphatic carbocycles. The molecule has 2 aromatic carbocycles. The summed E-state index contributed by atoms with van der Waals surface area (Å²) in [6.07, 6.45) is 0.969. The number of amides is 2. The van der Waals surface area contributed by atoms with Gasteiger partial charge in [-0.15, -0.1) is 0 Å². The highest BCUT2D eigenvalue weighted by Crippen LogP contribution is 2.34. The van der Waals surface area contributed by atoms with Crippen LogP contribution in [0.5, 0.6) is 0 Å². The lowest BCUT2D eigenvalue weighted by molar-refractivity contribution is 0.237. The van der Waals surface area contributed by atoms with Gasteiger partial charge in [-0.05, 0) is 29.2 Å². The number of urea groups is 1. The minimum Gasteiger partial charge on any atom is -0.338 e. The smallest absolute Gasteiger partial charge is 0.315 e. The molecule has 1 heterocycles. The Morgan fingerprint density at radius 3 is 2.54 bits per heavy atom. The number of carbonyl (C=O) groups excluding carboxylic acids is 1. The second kappa shape index (κ2) is 5.63. The summed E-state index contributed by atoms with van der Waals surface area (Å²) in [6.45, 7) is 0.559. The van der Waals surface area contributed by atoms with E-state index in [0.717, 1.165) is 6.42 Å². The van der Waals surface area contributed by atoms with Crippen LogP contribution in [0.25, 0.3) is 0 Å². The van der Waals surface area contributed by atoms with Crippen LogP contribution in [-0.4, -0.2) is 26.7 Å². The summed E-state index contributed by atoms with van der Waals surface area (Å²) < 4.78 is 24.3. The molecular weight excluding hydrogens is 324 g/mol. The molecule has 2 N–H and O–H groups in total. The summed E-state index contributed by atoms with van der Waals surface area (Å²) in [6, 6.07) is 14.2. The molecule has 2 atom stereocenters. The molecule has 1 aliphatic heterocycles.